The largest absolute Gasteiger partial charge is 0.393 e. The highest BCUT2D eigenvalue weighted by molar-refractivity contribution is 5.73. The van der Waals surface area contributed by atoms with Crippen molar-refractivity contribution in [3.05, 3.63) is 35.1 Å². The summed E-state index contributed by atoms with van der Waals surface area (Å²) in [5.74, 6) is -0.0660. The summed E-state index contributed by atoms with van der Waals surface area (Å²) < 4.78 is 13.7. The maximum Gasteiger partial charge on any atom is 0.315 e. The van der Waals surface area contributed by atoms with Crippen molar-refractivity contribution in [3.8, 4) is 0 Å². The molecule has 0 aliphatic rings. The van der Waals surface area contributed by atoms with Crippen molar-refractivity contribution in [1.29, 1.82) is 0 Å². The molecule has 0 radical (unpaired) electrons. The van der Waals surface area contributed by atoms with Gasteiger partial charge < -0.3 is 20.6 Å². The van der Waals surface area contributed by atoms with Crippen LogP contribution < -0.4 is 10.6 Å². The molecule has 130 valence electrons. The van der Waals surface area contributed by atoms with Crippen molar-refractivity contribution in [3.63, 3.8) is 0 Å². The maximum atomic E-state index is 13.7. The summed E-state index contributed by atoms with van der Waals surface area (Å²) in [6, 6.07) is 4.56. The fourth-order valence-corrected chi connectivity index (χ4v) is 2.11. The van der Waals surface area contributed by atoms with E-state index in [0.717, 1.165) is 5.56 Å². The Hall–Kier alpha value is -1.66. The molecule has 1 aromatic rings. The minimum absolute atomic E-state index is 0.175. The molecule has 0 aromatic heterocycles. The van der Waals surface area contributed by atoms with Crippen LogP contribution in [0.4, 0.5) is 9.18 Å². The van der Waals surface area contributed by atoms with Crippen LogP contribution in [0, 0.1) is 11.7 Å². The summed E-state index contributed by atoms with van der Waals surface area (Å²) in [6.07, 6.45) is 0.107. The van der Waals surface area contributed by atoms with Crippen LogP contribution in [0.15, 0.2) is 18.2 Å². The minimum atomic E-state index is -0.416. The summed E-state index contributed by atoms with van der Waals surface area (Å²) in [5.41, 5.74) is 1.45. The van der Waals surface area contributed by atoms with Gasteiger partial charge in [-0.2, -0.15) is 0 Å². The van der Waals surface area contributed by atoms with Crippen molar-refractivity contribution in [2.75, 3.05) is 20.6 Å². The molecule has 2 amide bonds. The third-order valence-electron chi connectivity index (χ3n) is 3.54. The molecule has 1 unspecified atom stereocenters. The maximum absolute atomic E-state index is 13.7. The van der Waals surface area contributed by atoms with Gasteiger partial charge in [0, 0.05) is 25.2 Å². The number of hydrogen-bond donors (Lipinski definition) is 3. The Labute approximate surface area is 137 Å². The Morgan fingerprint density at radius 2 is 2.00 bits per heavy atom. The summed E-state index contributed by atoms with van der Waals surface area (Å²) in [6.45, 7) is 5.13. The molecule has 0 aliphatic heterocycles. The van der Waals surface area contributed by atoms with Crippen LogP contribution in [0.2, 0.25) is 0 Å². The van der Waals surface area contributed by atoms with Gasteiger partial charge in [0.15, 0.2) is 0 Å². The lowest BCUT2D eigenvalue weighted by atomic mass is 10.0. The second-order valence-corrected chi connectivity index (χ2v) is 6.37. The first-order valence-corrected chi connectivity index (χ1v) is 7.91. The van der Waals surface area contributed by atoms with Crippen LogP contribution in [0.3, 0.4) is 0 Å². The number of urea groups is 1. The number of carbonyl (C=O) groups excluding carboxylic acids is 1. The predicted molar refractivity (Wildman–Crippen MR) is 89.5 cm³/mol. The summed E-state index contributed by atoms with van der Waals surface area (Å²) in [4.78, 5) is 13.6. The van der Waals surface area contributed by atoms with Crippen molar-refractivity contribution in [1.82, 2.24) is 15.5 Å². The average Bonchev–Trinajstić information content (AvgIpc) is 2.47. The van der Waals surface area contributed by atoms with E-state index < -0.39 is 6.10 Å². The van der Waals surface area contributed by atoms with Gasteiger partial charge in [-0.3, -0.25) is 0 Å². The van der Waals surface area contributed by atoms with E-state index in [2.05, 4.69) is 10.6 Å². The number of halogens is 1. The van der Waals surface area contributed by atoms with E-state index in [1.54, 1.807) is 12.1 Å². The standard InChI is InChI=1S/C17H28FN3O2/c1-12(2)16(22)7-8-19-17(23)20-10-13-5-6-15(18)14(9-13)11-21(3)4/h5-6,9,12,16,22H,7-8,10-11H2,1-4H3,(H2,19,20,23). The third-order valence-corrected chi connectivity index (χ3v) is 3.54. The lowest BCUT2D eigenvalue weighted by Gasteiger charge is -2.15. The zero-order valence-corrected chi connectivity index (χ0v) is 14.4. The van der Waals surface area contributed by atoms with E-state index in [1.165, 1.54) is 6.07 Å². The number of rotatable bonds is 8. The quantitative estimate of drug-likeness (QED) is 0.686. The number of amides is 2. The lowest BCUT2D eigenvalue weighted by molar-refractivity contribution is 0.116. The summed E-state index contributed by atoms with van der Waals surface area (Å²) >= 11 is 0. The molecule has 0 heterocycles. The number of aliphatic hydroxyl groups is 1. The molecule has 5 nitrogen and oxygen atoms in total. The molecule has 6 heteroatoms. The average molecular weight is 325 g/mol. The van der Waals surface area contributed by atoms with E-state index in [4.69, 9.17) is 0 Å². The Kier molecular flexibility index (Phi) is 7.98. The van der Waals surface area contributed by atoms with Crippen molar-refractivity contribution in [2.45, 2.75) is 39.5 Å². The zero-order valence-electron chi connectivity index (χ0n) is 14.4. The predicted octanol–water partition coefficient (Wildman–Crippen LogP) is 2.09. The second-order valence-electron chi connectivity index (χ2n) is 6.37. The van der Waals surface area contributed by atoms with E-state index in [9.17, 15) is 14.3 Å². The summed E-state index contributed by atoms with van der Waals surface area (Å²) in [5, 5.41) is 15.1. The van der Waals surface area contributed by atoms with Crippen molar-refractivity contribution in [2.24, 2.45) is 5.92 Å². The van der Waals surface area contributed by atoms with Gasteiger partial charge in [0.2, 0.25) is 0 Å². The van der Waals surface area contributed by atoms with Crippen LogP contribution in [0.25, 0.3) is 0 Å². The van der Waals surface area contributed by atoms with Gasteiger partial charge in [-0.1, -0.05) is 19.9 Å². The Bertz CT molecular complexity index is 507. The first-order chi connectivity index (χ1) is 10.8. The highest BCUT2D eigenvalue weighted by Crippen LogP contribution is 2.12. The van der Waals surface area contributed by atoms with Gasteiger partial charge in [-0.15, -0.1) is 0 Å². The first-order valence-electron chi connectivity index (χ1n) is 7.91. The number of nitrogens with one attached hydrogen (secondary N) is 2. The number of aliphatic hydroxyl groups excluding tert-OH is 1. The molecule has 23 heavy (non-hydrogen) atoms. The third kappa shape index (κ3) is 7.43. The molecule has 1 rings (SSSR count). The Morgan fingerprint density at radius 3 is 2.61 bits per heavy atom. The molecule has 0 bridgehead atoms. The van der Waals surface area contributed by atoms with Crippen LogP contribution in [-0.2, 0) is 13.1 Å². The molecule has 1 aromatic carbocycles. The SMILES string of the molecule is CC(C)C(O)CCNC(=O)NCc1ccc(F)c(CN(C)C)c1. The minimum Gasteiger partial charge on any atom is -0.393 e. The topological polar surface area (TPSA) is 64.6 Å². The van der Waals surface area contributed by atoms with E-state index in [0.29, 0.717) is 31.6 Å². The second kappa shape index (κ2) is 9.47. The van der Waals surface area contributed by atoms with Crippen LogP contribution in [0.1, 0.15) is 31.4 Å². The van der Waals surface area contributed by atoms with E-state index in [-0.39, 0.29) is 17.8 Å². The molecule has 0 fully saturated rings. The monoisotopic (exact) mass is 325 g/mol. The Balaban J connectivity index is 2.41. The molecule has 0 saturated heterocycles. The van der Waals surface area contributed by atoms with Crippen LogP contribution >= 0.6 is 0 Å². The van der Waals surface area contributed by atoms with E-state index in [1.807, 2.05) is 32.8 Å². The molecular weight excluding hydrogens is 297 g/mol. The van der Waals surface area contributed by atoms with Gasteiger partial charge in [-0.25, -0.2) is 9.18 Å². The first kappa shape index (κ1) is 19.4. The van der Waals surface area contributed by atoms with Crippen LogP contribution in [-0.4, -0.2) is 42.8 Å². The molecule has 0 spiro atoms. The zero-order chi connectivity index (χ0) is 17.4. The lowest BCUT2D eigenvalue weighted by Crippen LogP contribution is -2.37. The van der Waals surface area contributed by atoms with Gasteiger partial charge in [0.25, 0.3) is 0 Å². The smallest absolute Gasteiger partial charge is 0.315 e. The van der Waals surface area contributed by atoms with Gasteiger partial charge in [0.1, 0.15) is 5.82 Å². The number of benzene rings is 1. The highest BCUT2D eigenvalue weighted by Gasteiger charge is 2.10. The normalized spacial score (nSPS) is 12.5. The van der Waals surface area contributed by atoms with Gasteiger partial charge in [0.05, 0.1) is 6.10 Å². The fourth-order valence-electron chi connectivity index (χ4n) is 2.11. The van der Waals surface area contributed by atoms with Crippen molar-refractivity contribution >= 4 is 6.03 Å². The molecular formula is C17H28FN3O2. The summed E-state index contributed by atoms with van der Waals surface area (Å²) in [7, 11) is 3.76. The Morgan fingerprint density at radius 1 is 1.30 bits per heavy atom. The highest BCUT2D eigenvalue weighted by atomic mass is 19.1. The van der Waals surface area contributed by atoms with E-state index >= 15 is 0 Å². The molecule has 1 atom stereocenters. The number of hydrogen-bond acceptors (Lipinski definition) is 3. The molecule has 0 aliphatic carbocycles. The molecule has 3 N–H and O–H groups in total. The fraction of sp³-hybridized carbons (Fsp3) is 0.588. The number of carbonyl (C=O) groups is 1. The molecule has 0 saturated carbocycles. The van der Waals surface area contributed by atoms with Crippen molar-refractivity contribution < 1.29 is 14.3 Å². The van der Waals surface area contributed by atoms with Gasteiger partial charge in [-0.05, 0) is 44.1 Å². The number of nitrogens with zero attached hydrogens (tertiary/aromatic N) is 1. The van der Waals surface area contributed by atoms with Crippen LogP contribution in [0.5, 0.6) is 0 Å². The van der Waals surface area contributed by atoms with Gasteiger partial charge >= 0.3 is 6.03 Å².